The van der Waals surface area contributed by atoms with Crippen molar-refractivity contribution in [3.05, 3.63) is 71.7 Å². The summed E-state index contributed by atoms with van der Waals surface area (Å²) in [6.45, 7) is 0. The number of nitrogens with two attached hydrogens (primary N) is 1. The Balaban J connectivity index is 1.77. The molecule has 1 aliphatic heterocycles. The summed E-state index contributed by atoms with van der Waals surface area (Å²) in [5.74, 6) is -0.265. The Labute approximate surface area is 150 Å². The number of halogens is 1. The third kappa shape index (κ3) is 2.68. The summed E-state index contributed by atoms with van der Waals surface area (Å²) >= 11 is 5.22. The molecular formula is C19H17FN4S. The van der Waals surface area contributed by atoms with E-state index in [0.29, 0.717) is 6.42 Å². The fourth-order valence-electron chi connectivity index (χ4n) is 3.41. The second-order valence-corrected chi connectivity index (χ2v) is 6.59. The van der Waals surface area contributed by atoms with Gasteiger partial charge in [-0.3, -0.25) is 0 Å². The van der Waals surface area contributed by atoms with Gasteiger partial charge in [0.05, 0.1) is 11.8 Å². The minimum absolute atomic E-state index is 0.0661. The van der Waals surface area contributed by atoms with E-state index >= 15 is 0 Å². The Morgan fingerprint density at radius 2 is 1.92 bits per heavy atom. The minimum atomic E-state index is -0.265. The number of hydrogen-bond donors (Lipinski definition) is 1. The monoisotopic (exact) mass is 352 g/mol. The van der Waals surface area contributed by atoms with Crippen LogP contribution in [0.2, 0.25) is 0 Å². The third-order valence-electron chi connectivity index (χ3n) is 4.60. The summed E-state index contributed by atoms with van der Waals surface area (Å²) in [6.07, 6.45) is 2.76. The Kier molecular flexibility index (Phi) is 3.77. The van der Waals surface area contributed by atoms with Gasteiger partial charge in [0.1, 0.15) is 5.82 Å². The molecule has 0 amide bonds. The summed E-state index contributed by atoms with van der Waals surface area (Å²) in [6, 6.07) is 14.5. The molecule has 3 aromatic rings. The third-order valence-corrected chi connectivity index (χ3v) is 4.79. The lowest BCUT2D eigenvalue weighted by molar-refractivity contribution is 0.374. The van der Waals surface area contributed by atoms with E-state index in [4.69, 9.17) is 18.0 Å². The van der Waals surface area contributed by atoms with E-state index in [1.54, 1.807) is 17.1 Å². The Morgan fingerprint density at radius 1 is 1.20 bits per heavy atom. The van der Waals surface area contributed by atoms with Gasteiger partial charge in [-0.2, -0.15) is 5.10 Å². The number of hydrogen-bond acceptors (Lipinski definition) is 2. The molecule has 1 aliphatic rings. The van der Waals surface area contributed by atoms with Gasteiger partial charge >= 0.3 is 0 Å². The molecule has 25 heavy (non-hydrogen) atoms. The van der Waals surface area contributed by atoms with Gasteiger partial charge in [-0.1, -0.05) is 30.3 Å². The Morgan fingerprint density at radius 3 is 2.64 bits per heavy atom. The first-order valence-electron chi connectivity index (χ1n) is 8.00. The zero-order chi connectivity index (χ0) is 17.6. The molecule has 6 heteroatoms. The molecule has 126 valence electrons. The maximum atomic E-state index is 13.2. The molecular weight excluding hydrogens is 335 g/mol. The molecule has 0 saturated heterocycles. The first kappa shape index (κ1) is 15.8. The number of aryl methyl sites for hydroxylation is 1. The topological polar surface area (TPSA) is 46.5 Å². The van der Waals surface area contributed by atoms with E-state index in [2.05, 4.69) is 28.0 Å². The fraction of sp³-hybridized carbons (Fsp3) is 0.158. The van der Waals surface area contributed by atoms with Crippen molar-refractivity contribution in [3.63, 3.8) is 0 Å². The predicted molar refractivity (Wildman–Crippen MR) is 102 cm³/mol. The Bertz CT molecular complexity index is 990. The van der Waals surface area contributed by atoms with Crippen molar-refractivity contribution in [1.82, 2.24) is 9.58 Å². The molecule has 0 saturated carbocycles. The predicted octanol–water partition coefficient (Wildman–Crippen LogP) is 3.71. The van der Waals surface area contributed by atoms with Gasteiger partial charge in [0.15, 0.2) is 5.11 Å². The number of thiocarbonyl (C=S) groups is 1. The molecule has 0 aliphatic carbocycles. The quantitative estimate of drug-likeness (QED) is 0.715. The molecule has 4 rings (SSSR count). The highest BCUT2D eigenvalue weighted by Crippen LogP contribution is 2.37. The SMILES string of the molecule is Cn1cc(C2CC(c3ccc(F)cc3)=NN2C(N)=S)c2ccccc21. The van der Waals surface area contributed by atoms with Crippen molar-refractivity contribution in [2.45, 2.75) is 12.5 Å². The number of hydrazone groups is 1. The molecule has 1 atom stereocenters. The van der Waals surface area contributed by atoms with Gasteiger partial charge in [0, 0.05) is 36.1 Å². The standard InChI is InChI=1S/C19H17FN4S/c1-23-11-15(14-4-2-3-5-17(14)23)18-10-16(22-24(18)19(21)25)12-6-8-13(20)9-7-12/h2-9,11,18H,10H2,1H3,(H2,21,25). The van der Waals surface area contributed by atoms with Gasteiger partial charge in [0.25, 0.3) is 0 Å². The van der Waals surface area contributed by atoms with Crippen LogP contribution in [0.4, 0.5) is 4.39 Å². The summed E-state index contributed by atoms with van der Waals surface area (Å²) in [4.78, 5) is 0. The van der Waals surface area contributed by atoms with Crippen LogP contribution < -0.4 is 5.73 Å². The Hall–Kier alpha value is -2.73. The van der Waals surface area contributed by atoms with Crippen molar-refractivity contribution < 1.29 is 4.39 Å². The van der Waals surface area contributed by atoms with Gasteiger partial charge in [0.2, 0.25) is 0 Å². The molecule has 0 spiro atoms. The van der Waals surface area contributed by atoms with Crippen molar-refractivity contribution in [2.75, 3.05) is 0 Å². The van der Waals surface area contributed by atoms with Crippen LogP contribution in [0.5, 0.6) is 0 Å². The van der Waals surface area contributed by atoms with E-state index in [-0.39, 0.29) is 17.0 Å². The lowest BCUT2D eigenvalue weighted by atomic mass is 9.98. The average molecular weight is 352 g/mol. The number of rotatable bonds is 2. The van der Waals surface area contributed by atoms with E-state index in [9.17, 15) is 4.39 Å². The van der Waals surface area contributed by atoms with Crippen molar-refractivity contribution >= 4 is 33.9 Å². The van der Waals surface area contributed by atoms with Gasteiger partial charge in [-0.25, -0.2) is 9.40 Å². The van der Waals surface area contributed by atoms with Gasteiger partial charge in [-0.05, 0) is 36.0 Å². The number of nitrogens with zero attached hydrogens (tertiary/aromatic N) is 3. The molecule has 1 aromatic heterocycles. The van der Waals surface area contributed by atoms with Gasteiger partial charge < -0.3 is 10.3 Å². The maximum Gasteiger partial charge on any atom is 0.187 e. The zero-order valence-electron chi connectivity index (χ0n) is 13.7. The van der Waals surface area contributed by atoms with Crippen molar-refractivity contribution in [3.8, 4) is 0 Å². The summed E-state index contributed by atoms with van der Waals surface area (Å²) < 4.78 is 15.3. The molecule has 1 unspecified atom stereocenters. The average Bonchev–Trinajstić information content (AvgIpc) is 3.18. The number of fused-ring (bicyclic) bond motifs is 1. The first-order chi connectivity index (χ1) is 12.0. The molecule has 0 bridgehead atoms. The minimum Gasteiger partial charge on any atom is -0.375 e. The molecule has 2 N–H and O–H groups in total. The van der Waals surface area contributed by atoms with E-state index in [0.717, 1.165) is 27.7 Å². The van der Waals surface area contributed by atoms with Crippen LogP contribution in [0.25, 0.3) is 10.9 Å². The smallest absolute Gasteiger partial charge is 0.187 e. The number of aromatic nitrogens is 1. The van der Waals surface area contributed by atoms with Crippen LogP contribution in [0.3, 0.4) is 0 Å². The number of benzene rings is 2. The molecule has 2 heterocycles. The van der Waals surface area contributed by atoms with Crippen LogP contribution >= 0.6 is 12.2 Å². The second kappa shape index (κ2) is 5.97. The zero-order valence-corrected chi connectivity index (χ0v) is 14.5. The highest BCUT2D eigenvalue weighted by atomic mass is 32.1. The van der Waals surface area contributed by atoms with Crippen LogP contribution in [-0.4, -0.2) is 20.4 Å². The lowest BCUT2D eigenvalue weighted by Crippen LogP contribution is -2.31. The van der Waals surface area contributed by atoms with Crippen molar-refractivity contribution in [2.24, 2.45) is 17.9 Å². The normalized spacial score (nSPS) is 17.1. The van der Waals surface area contributed by atoms with E-state index in [1.807, 2.05) is 19.2 Å². The van der Waals surface area contributed by atoms with Crippen LogP contribution in [-0.2, 0) is 7.05 Å². The number of para-hydroxylation sites is 1. The fourth-order valence-corrected chi connectivity index (χ4v) is 3.58. The molecule has 0 fully saturated rings. The highest BCUT2D eigenvalue weighted by Gasteiger charge is 2.32. The van der Waals surface area contributed by atoms with Crippen LogP contribution in [0.1, 0.15) is 23.6 Å². The largest absolute Gasteiger partial charge is 0.375 e. The second-order valence-electron chi connectivity index (χ2n) is 6.17. The van der Waals surface area contributed by atoms with Crippen LogP contribution in [0.15, 0.2) is 59.8 Å². The first-order valence-corrected chi connectivity index (χ1v) is 8.41. The molecule has 2 aromatic carbocycles. The highest BCUT2D eigenvalue weighted by molar-refractivity contribution is 7.80. The summed E-state index contributed by atoms with van der Waals surface area (Å²) in [5, 5.41) is 7.69. The van der Waals surface area contributed by atoms with E-state index < -0.39 is 0 Å². The summed E-state index contributed by atoms with van der Waals surface area (Å²) in [7, 11) is 2.02. The van der Waals surface area contributed by atoms with Gasteiger partial charge in [-0.15, -0.1) is 0 Å². The van der Waals surface area contributed by atoms with Crippen LogP contribution in [0, 0.1) is 5.82 Å². The maximum absolute atomic E-state index is 13.2. The lowest BCUT2D eigenvalue weighted by Gasteiger charge is -2.21. The van der Waals surface area contributed by atoms with E-state index in [1.165, 1.54) is 12.1 Å². The van der Waals surface area contributed by atoms with Crippen molar-refractivity contribution in [1.29, 1.82) is 0 Å². The molecule has 0 radical (unpaired) electrons. The summed E-state index contributed by atoms with van der Waals surface area (Å²) in [5.41, 5.74) is 9.94. The molecule has 4 nitrogen and oxygen atoms in total.